The summed E-state index contributed by atoms with van der Waals surface area (Å²) in [5, 5.41) is 10.6. The number of rotatable bonds is 4. The third-order valence-electron chi connectivity index (χ3n) is 2.09. The van der Waals surface area contributed by atoms with Crippen molar-refractivity contribution in [1.29, 1.82) is 0 Å². The molecule has 0 spiro atoms. The molecule has 0 aliphatic rings. The van der Waals surface area contributed by atoms with E-state index in [1.807, 2.05) is 13.8 Å². The molecule has 6 nitrogen and oxygen atoms in total. The third kappa shape index (κ3) is 2.39. The topological polar surface area (TPSA) is 74.4 Å². The van der Waals surface area contributed by atoms with Crippen molar-refractivity contribution in [2.24, 2.45) is 0 Å². The minimum atomic E-state index is -0.538. The number of aromatic nitrogens is 1. The van der Waals surface area contributed by atoms with E-state index in [4.69, 9.17) is 4.74 Å². The highest BCUT2D eigenvalue weighted by Crippen LogP contribution is 2.21. The molecule has 0 unspecified atom stereocenters. The number of hydrogen-bond acceptors (Lipinski definition) is 4. The number of hydrogen-bond donors (Lipinski definition) is 0. The third-order valence-corrected chi connectivity index (χ3v) is 2.09. The highest BCUT2D eigenvalue weighted by molar-refractivity contribution is 5.88. The summed E-state index contributed by atoms with van der Waals surface area (Å²) in [6, 6.07) is 1.20. The van der Waals surface area contributed by atoms with Gasteiger partial charge in [0.15, 0.2) is 0 Å². The van der Waals surface area contributed by atoms with Crippen LogP contribution >= 0.6 is 0 Å². The Morgan fingerprint density at radius 3 is 2.69 bits per heavy atom. The molecule has 0 bridgehead atoms. The molecule has 0 fully saturated rings. The first-order valence-electron chi connectivity index (χ1n) is 5.00. The molecule has 1 aromatic rings. The standard InChI is InChI=1S/C10H14N2O4/c1-4-16-10(13)9-5-8(12(14)15)6-11(9)7(2)3/h5-7H,4H2,1-3H3. The highest BCUT2D eigenvalue weighted by Gasteiger charge is 2.21. The largest absolute Gasteiger partial charge is 0.461 e. The van der Waals surface area contributed by atoms with E-state index >= 15 is 0 Å². The lowest BCUT2D eigenvalue weighted by atomic mass is 10.3. The lowest BCUT2D eigenvalue weighted by molar-refractivity contribution is -0.384. The first-order chi connectivity index (χ1) is 7.47. The van der Waals surface area contributed by atoms with Crippen molar-refractivity contribution in [3.05, 3.63) is 28.1 Å². The second-order valence-corrected chi connectivity index (χ2v) is 3.56. The molecule has 0 amide bonds. The SMILES string of the molecule is CCOC(=O)c1cc([N+](=O)[O-])cn1C(C)C. The minimum Gasteiger partial charge on any atom is -0.461 e. The van der Waals surface area contributed by atoms with Crippen LogP contribution < -0.4 is 0 Å². The smallest absolute Gasteiger partial charge is 0.355 e. The number of nitrogens with zero attached hydrogens (tertiary/aromatic N) is 2. The van der Waals surface area contributed by atoms with Gasteiger partial charge in [-0.2, -0.15) is 0 Å². The van der Waals surface area contributed by atoms with E-state index in [1.54, 1.807) is 6.92 Å². The summed E-state index contributed by atoms with van der Waals surface area (Å²) in [5.74, 6) is -0.538. The van der Waals surface area contributed by atoms with Crippen LogP contribution in [-0.2, 0) is 4.74 Å². The van der Waals surface area contributed by atoms with Crippen LogP contribution in [0.25, 0.3) is 0 Å². The average molecular weight is 226 g/mol. The van der Waals surface area contributed by atoms with E-state index < -0.39 is 10.9 Å². The van der Waals surface area contributed by atoms with Crippen LogP contribution in [0.4, 0.5) is 5.69 Å². The molecule has 0 saturated carbocycles. The zero-order valence-corrected chi connectivity index (χ0v) is 9.47. The van der Waals surface area contributed by atoms with Gasteiger partial charge >= 0.3 is 5.97 Å². The van der Waals surface area contributed by atoms with Crippen molar-refractivity contribution in [1.82, 2.24) is 4.57 Å². The van der Waals surface area contributed by atoms with Crippen LogP contribution in [0.15, 0.2) is 12.3 Å². The number of nitro groups is 1. The molecule has 0 aliphatic heterocycles. The first-order valence-corrected chi connectivity index (χ1v) is 5.00. The molecule has 0 saturated heterocycles. The van der Waals surface area contributed by atoms with Crippen LogP contribution in [0.3, 0.4) is 0 Å². The fourth-order valence-corrected chi connectivity index (χ4v) is 1.36. The van der Waals surface area contributed by atoms with Gasteiger partial charge in [0.25, 0.3) is 5.69 Å². The van der Waals surface area contributed by atoms with Gasteiger partial charge in [0.1, 0.15) is 5.69 Å². The van der Waals surface area contributed by atoms with Crippen molar-refractivity contribution >= 4 is 11.7 Å². The minimum absolute atomic E-state index is 0.0342. The predicted octanol–water partition coefficient (Wildman–Crippen LogP) is 2.15. The Morgan fingerprint density at radius 1 is 1.62 bits per heavy atom. The van der Waals surface area contributed by atoms with Crippen LogP contribution in [0.2, 0.25) is 0 Å². The Balaban J connectivity index is 3.15. The van der Waals surface area contributed by atoms with Crippen LogP contribution in [0.5, 0.6) is 0 Å². The van der Waals surface area contributed by atoms with Gasteiger partial charge in [0.05, 0.1) is 17.7 Å². The average Bonchev–Trinajstić information content (AvgIpc) is 2.62. The Labute approximate surface area is 93.0 Å². The summed E-state index contributed by atoms with van der Waals surface area (Å²) in [4.78, 5) is 21.6. The van der Waals surface area contributed by atoms with Crippen molar-refractivity contribution in [2.75, 3.05) is 6.61 Å². The number of carbonyl (C=O) groups excluding carboxylic acids is 1. The Bertz CT molecular complexity index is 409. The lowest BCUT2D eigenvalue weighted by Crippen LogP contribution is -2.12. The maximum atomic E-state index is 11.5. The van der Waals surface area contributed by atoms with Gasteiger partial charge in [-0.05, 0) is 20.8 Å². The van der Waals surface area contributed by atoms with E-state index in [-0.39, 0.29) is 24.0 Å². The van der Waals surface area contributed by atoms with Crippen molar-refractivity contribution in [2.45, 2.75) is 26.8 Å². The molecule has 88 valence electrons. The second kappa shape index (κ2) is 4.78. The normalized spacial score (nSPS) is 10.5. The summed E-state index contributed by atoms with van der Waals surface area (Å²) >= 11 is 0. The van der Waals surface area contributed by atoms with Gasteiger partial charge < -0.3 is 9.30 Å². The van der Waals surface area contributed by atoms with E-state index in [1.165, 1.54) is 16.8 Å². The van der Waals surface area contributed by atoms with E-state index in [0.717, 1.165) is 0 Å². The fourth-order valence-electron chi connectivity index (χ4n) is 1.36. The summed E-state index contributed by atoms with van der Waals surface area (Å²) in [6.45, 7) is 5.61. The zero-order chi connectivity index (χ0) is 12.3. The van der Waals surface area contributed by atoms with Crippen molar-refractivity contribution in [3.8, 4) is 0 Å². The molecule has 16 heavy (non-hydrogen) atoms. The molecule has 6 heteroatoms. The lowest BCUT2D eigenvalue weighted by Gasteiger charge is -2.10. The van der Waals surface area contributed by atoms with E-state index in [9.17, 15) is 14.9 Å². The molecule has 0 radical (unpaired) electrons. The van der Waals surface area contributed by atoms with E-state index in [0.29, 0.717) is 0 Å². The van der Waals surface area contributed by atoms with Crippen molar-refractivity contribution in [3.63, 3.8) is 0 Å². The molecule has 1 heterocycles. The predicted molar refractivity (Wildman–Crippen MR) is 57.4 cm³/mol. The van der Waals surface area contributed by atoms with Crippen LogP contribution in [-0.4, -0.2) is 22.1 Å². The highest BCUT2D eigenvalue weighted by atomic mass is 16.6. The van der Waals surface area contributed by atoms with Crippen molar-refractivity contribution < 1.29 is 14.5 Å². The number of carbonyl (C=O) groups is 1. The Hall–Kier alpha value is -1.85. The summed E-state index contributed by atoms with van der Waals surface area (Å²) in [6.07, 6.45) is 1.34. The van der Waals surface area contributed by atoms with Gasteiger partial charge in [0.2, 0.25) is 0 Å². The molecule has 1 aromatic heterocycles. The van der Waals surface area contributed by atoms with Crippen LogP contribution in [0.1, 0.15) is 37.3 Å². The van der Waals surface area contributed by atoms with Gasteiger partial charge in [-0.25, -0.2) is 4.79 Å². The number of ether oxygens (including phenoxy) is 1. The van der Waals surface area contributed by atoms with Gasteiger partial charge in [-0.15, -0.1) is 0 Å². The monoisotopic (exact) mass is 226 g/mol. The summed E-state index contributed by atoms with van der Waals surface area (Å²) in [5.41, 5.74) is 0.111. The first kappa shape index (κ1) is 12.2. The molecular formula is C10H14N2O4. The van der Waals surface area contributed by atoms with Gasteiger partial charge in [0, 0.05) is 12.1 Å². The maximum Gasteiger partial charge on any atom is 0.355 e. The molecule has 1 rings (SSSR count). The summed E-state index contributed by atoms with van der Waals surface area (Å²) in [7, 11) is 0. The molecule has 0 aromatic carbocycles. The second-order valence-electron chi connectivity index (χ2n) is 3.56. The zero-order valence-electron chi connectivity index (χ0n) is 9.47. The maximum absolute atomic E-state index is 11.5. The fraction of sp³-hybridized carbons (Fsp3) is 0.500. The number of esters is 1. The van der Waals surface area contributed by atoms with E-state index in [2.05, 4.69) is 0 Å². The van der Waals surface area contributed by atoms with Gasteiger partial charge in [-0.1, -0.05) is 0 Å². The quantitative estimate of drug-likeness (QED) is 0.448. The van der Waals surface area contributed by atoms with Crippen LogP contribution in [0, 0.1) is 10.1 Å². The molecule has 0 aliphatic carbocycles. The molecule has 0 N–H and O–H groups in total. The van der Waals surface area contributed by atoms with Gasteiger partial charge in [-0.3, -0.25) is 10.1 Å². The molecule has 0 atom stereocenters. The Morgan fingerprint density at radius 2 is 2.25 bits per heavy atom. The Kier molecular flexibility index (Phi) is 3.65. The summed E-state index contributed by atoms with van der Waals surface area (Å²) < 4.78 is 6.37. The molecular weight excluding hydrogens is 212 g/mol.